The van der Waals surface area contributed by atoms with Crippen molar-refractivity contribution in [3.05, 3.63) is 35.9 Å². The Morgan fingerprint density at radius 2 is 1.79 bits per heavy atom. The lowest BCUT2D eigenvalue weighted by Crippen LogP contribution is -2.46. The minimum Gasteiger partial charge on any atom is -0.453 e. The van der Waals surface area contributed by atoms with Gasteiger partial charge in [0.05, 0.1) is 12.7 Å². The first-order valence-electron chi connectivity index (χ1n) is 5.02. The molecule has 1 aromatic carbocycles. The molecular formula is C11H10Cl3NO4. The van der Waals surface area contributed by atoms with E-state index in [4.69, 9.17) is 39.5 Å². The number of esters is 1. The molecule has 1 unspecified atom stereocenters. The van der Waals surface area contributed by atoms with Gasteiger partial charge in [0.15, 0.2) is 0 Å². The molecule has 0 aliphatic rings. The normalized spacial score (nSPS) is 12.4. The topological polar surface area (TPSA) is 64.6 Å². The molecule has 0 saturated carbocycles. The van der Waals surface area contributed by atoms with Crippen molar-refractivity contribution < 1.29 is 19.1 Å². The first-order chi connectivity index (χ1) is 8.84. The SMILES string of the molecule is COC(=O)NC(OC(=O)c1ccccc1)C(Cl)(Cl)Cl. The van der Waals surface area contributed by atoms with Crippen molar-refractivity contribution in [1.82, 2.24) is 5.32 Å². The van der Waals surface area contributed by atoms with Crippen LogP contribution in [0.4, 0.5) is 4.79 Å². The molecule has 8 heteroatoms. The molecule has 1 aromatic rings. The molecule has 19 heavy (non-hydrogen) atoms. The Balaban J connectivity index is 2.78. The van der Waals surface area contributed by atoms with E-state index >= 15 is 0 Å². The Kier molecular flexibility index (Phi) is 5.72. The minimum atomic E-state index is -2.03. The van der Waals surface area contributed by atoms with Crippen molar-refractivity contribution >= 4 is 46.9 Å². The van der Waals surface area contributed by atoms with Crippen molar-refractivity contribution in [2.24, 2.45) is 0 Å². The summed E-state index contributed by atoms with van der Waals surface area (Å²) in [5.74, 6) is -0.742. The highest BCUT2D eigenvalue weighted by molar-refractivity contribution is 6.68. The van der Waals surface area contributed by atoms with E-state index in [0.29, 0.717) is 0 Å². The number of hydrogen-bond acceptors (Lipinski definition) is 4. The second kappa shape index (κ2) is 6.84. The summed E-state index contributed by atoms with van der Waals surface area (Å²) in [7, 11) is 1.13. The van der Waals surface area contributed by atoms with Crippen LogP contribution in [0.5, 0.6) is 0 Å². The van der Waals surface area contributed by atoms with Gasteiger partial charge in [0, 0.05) is 0 Å². The van der Waals surface area contributed by atoms with Crippen LogP contribution in [-0.4, -0.2) is 29.2 Å². The van der Waals surface area contributed by atoms with Crippen LogP contribution in [0.1, 0.15) is 10.4 Å². The predicted octanol–water partition coefficient (Wildman–Crippen LogP) is 2.90. The van der Waals surface area contributed by atoms with Crippen molar-refractivity contribution in [2.45, 2.75) is 10.0 Å². The van der Waals surface area contributed by atoms with Gasteiger partial charge in [-0.25, -0.2) is 9.59 Å². The third-order valence-electron chi connectivity index (χ3n) is 1.97. The molecule has 0 heterocycles. The second-order valence-electron chi connectivity index (χ2n) is 3.33. The average molecular weight is 327 g/mol. The molecule has 0 aliphatic heterocycles. The van der Waals surface area contributed by atoms with Crippen LogP contribution in [0.25, 0.3) is 0 Å². The van der Waals surface area contributed by atoms with Crippen molar-refractivity contribution in [3.8, 4) is 0 Å². The Morgan fingerprint density at radius 3 is 2.26 bits per heavy atom. The predicted molar refractivity (Wildman–Crippen MR) is 71.5 cm³/mol. The molecule has 104 valence electrons. The summed E-state index contributed by atoms with van der Waals surface area (Å²) in [5.41, 5.74) is 0.258. The van der Waals surface area contributed by atoms with Crippen molar-refractivity contribution in [2.75, 3.05) is 7.11 Å². The molecule has 0 saturated heterocycles. The van der Waals surface area contributed by atoms with Gasteiger partial charge in [0.2, 0.25) is 10.0 Å². The number of halogens is 3. The van der Waals surface area contributed by atoms with E-state index in [1.54, 1.807) is 18.2 Å². The zero-order chi connectivity index (χ0) is 14.5. The maximum atomic E-state index is 11.8. The van der Waals surface area contributed by atoms with Crippen molar-refractivity contribution in [1.29, 1.82) is 0 Å². The summed E-state index contributed by atoms with van der Waals surface area (Å²) in [5, 5.41) is 2.11. The lowest BCUT2D eigenvalue weighted by molar-refractivity contribution is 0.0227. The molecule has 0 bridgehead atoms. The summed E-state index contributed by atoms with van der Waals surface area (Å²) in [6.45, 7) is 0. The zero-order valence-corrected chi connectivity index (χ0v) is 12.0. The molecule has 1 N–H and O–H groups in total. The van der Waals surface area contributed by atoms with E-state index in [1.165, 1.54) is 12.1 Å². The molecule has 0 radical (unpaired) electrons. The number of amides is 1. The Labute approximate surface area is 124 Å². The van der Waals surface area contributed by atoms with E-state index in [-0.39, 0.29) is 5.56 Å². The van der Waals surface area contributed by atoms with E-state index in [2.05, 4.69) is 10.1 Å². The summed E-state index contributed by atoms with van der Waals surface area (Å²) in [4.78, 5) is 22.9. The minimum absolute atomic E-state index is 0.258. The van der Waals surface area contributed by atoms with E-state index in [0.717, 1.165) is 7.11 Å². The number of ether oxygens (including phenoxy) is 2. The lowest BCUT2D eigenvalue weighted by atomic mass is 10.2. The third kappa shape index (κ3) is 5.14. The number of methoxy groups -OCH3 is 1. The van der Waals surface area contributed by atoms with Crippen LogP contribution < -0.4 is 5.32 Å². The lowest BCUT2D eigenvalue weighted by Gasteiger charge is -2.24. The van der Waals surface area contributed by atoms with Gasteiger partial charge in [0.1, 0.15) is 0 Å². The summed E-state index contributed by atoms with van der Waals surface area (Å²) in [6, 6.07) is 8.07. The number of carbonyl (C=O) groups is 2. The van der Waals surface area contributed by atoms with E-state index in [1.807, 2.05) is 0 Å². The molecule has 1 rings (SSSR count). The fourth-order valence-corrected chi connectivity index (χ4v) is 1.39. The first kappa shape index (κ1) is 15.9. The number of rotatable bonds is 3. The van der Waals surface area contributed by atoms with Crippen LogP contribution in [0.15, 0.2) is 30.3 Å². The molecule has 0 spiro atoms. The van der Waals surface area contributed by atoms with Gasteiger partial charge in [-0.1, -0.05) is 53.0 Å². The monoisotopic (exact) mass is 325 g/mol. The molecule has 0 aliphatic carbocycles. The van der Waals surface area contributed by atoms with Crippen LogP contribution in [0, 0.1) is 0 Å². The van der Waals surface area contributed by atoms with Gasteiger partial charge in [-0.3, -0.25) is 5.32 Å². The van der Waals surface area contributed by atoms with Gasteiger partial charge >= 0.3 is 12.1 Å². The van der Waals surface area contributed by atoms with Gasteiger partial charge in [-0.2, -0.15) is 0 Å². The Morgan fingerprint density at radius 1 is 1.21 bits per heavy atom. The van der Waals surface area contributed by atoms with Crippen LogP contribution in [0.3, 0.4) is 0 Å². The third-order valence-corrected chi connectivity index (χ3v) is 2.56. The molecule has 5 nitrogen and oxygen atoms in total. The number of nitrogens with one attached hydrogen (secondary N) is 1. The number of hydrogen-bond donors (Lipinski definition) is 1. The quantitative estimate of drug-likeness (QED) is 0.527. The summed E-state index contributed by atoms with van der Waals surface area (Å²) < 4.78 is 7.24. The van der Waals surface area contributed by atoms with Crippen LogP contribution in [-0.2, 0) is 9.47 Å². The van der Waals surface area contributed by atoms with Crippen LogP contribution in [0.2, 0.25) is 0 Å². The number of alkyl halides is 3. The molecule has 1 atom stereocenters. The first-order valence-corrected chi connectivity index (χ1v) is 6.15. The Bertz CT molecular complexity index is 447. The fourth-order valence-electron chi connectivity index (χ4n) is 1.09. The standard InChI is InChI=1S/C11H10Cl3NO4/c1-18-10(17)15-9(11(12,13)14)19-8(16)7-5-3-2-4-6-7/h2-6,9H,1H3,(H,15,17). The van der Waals surface area contributed by atoms with E-state index < -0.39 is 22.1 Å². The van der Waals surface area contributed by atoms with E-state index in [9.17, 15) is 9.59 Å². The largest absolute Gasteiger partial charge is 0.453 e. The fraction of sp³-hybridized carbons (Fsp3) is 0.273. The van der Waals surface area contributed by atoms with Crippen molar-refractivity contribution in [3.63, 3.8) is 0 Å². The molecule has 1 amide bonds. The maximum Gasteiger partial charge on any atom is 0.409 e. The average Bonchev–Trinajstić information content (AvgIpc) is 2.37. The highest BCUT2D eigenvalue weighted by Gasteiger charge is 2.38. The molecule has 0 aromatic heterocycles. The van der Waals surface area contributed by atoms with Gasteiger partial charge in [-0.15, -0.1) is 0 Å². The van der Waals surface area contributed by atoms with Crippen LogP contribution >= 0.6 is 34.8 Å². The highest BCUT2D eigenvalue weighted by atomic mass is 35.6. The number of benzene rings is 1. The second-order valence-corrected chi connectivity index (χ2v) is 5.70. The maximum absolute atomic E-state index is 11.8. The zero-order valence-electron chi connectivity index (χ0n) is 9.73. The van der Waals surface area contributed by atoms with Gasteiger partial charge < -0.3 is 9.47 Å². The Hall–Kier alpha value is -1.17. The number of carbonyl (C=O) groups excluding carboxylic acids is 2. The van der Waals surface area contributed by atoms with Gasteiger partial charge in [0.25, 0.3) is 0 Å². The number of alkyl carbamates (subject to hydrolysis) is 1. The summed E-state index contributed by atoms with van der Waals surface area (Å²) in [6.07, 6.45) is -2.37. The molecule has 0 fully saturated rings. The smallest absolute Gasteiger partial charge is 0.409 e. The highest BCUT2D eigenvalue weighted by Crippen LogP contribution is 2.31. The van der Waals surface area contributed by atoms with Gasteiger partial charge in [-0.05, 0) is 12.1 Å². The molecular weight excluding hydrogens is 316 g/mol. The summed E-state index contributed by atoms with van der Waals surface area (Å²) >= 11 is 16.8.